The fraction of sp³-hybridized carbons (Fsp3) is 0.500. The molecule has 0 aromatic heterocycles. The minimum atomic E-state index is 0.0721. The summed E-state index contributed by atoms with van der Waals surface area (Å²) in [5.41, 5.74) is 7.24. The van der Waals surface area contributed by atoms with Crippen LogP contribution in [0.4, 0.5) is 0 Å². The zero-order valence-corrected chi connectivity index (χ0v) is 11.9. The topological polar surface area (TPSA) is 71.1 Å². The molecule has 1 aromatic rings. The van der Waals surface area contributed by atoms with Gasteiger partial charge in [-0.05, 0) is 24.5 Å². The highest BCUT2D eigenvalue weighted by Gasteiger charge is 2.33. The Kier molecular flexibility index (Phi) is 3.83. The number of morpholine rings is 1. The van der Waals surface area contributed by atoms with E-state index in [-0.39, 0.29) is 5.84 Å². The Bertz CT molecular complexity index is 523. The van der Waals surface area contributed by atoms with Crippen LogP contribution in [0.25, 0.3) is 0 Å². The first-order valence-corrected chi connectivity index (χ1v) is 7.17. The molecule has 3 rings (SSSR count). The monoisotopic (exact) mass is 295 g/mol. The number of hydrogen-bond acceptors (Lipinski definition) is 4. The van der Waals surface area contributed by atoms with Crippen LogP contribution in [-0.2, 0) is 11.3 Å². The molecule has 2 atom stereocenters. The normalized spacial score (nSPS) is 26.9. The Morgan fingerprint density at radius 3 is 2.70 bits per heavy atom. The maximum atomic E-state index is 8.67. The summed E-state index contributed by atoms with van der Waals surface area (Å²) in [7, 11) is 0. The van der Waals surface area contributed by atoms with Crippen LogP contribution < -0.4 is 5.73 Å². The third-order valence-electron chi connectivity index (χ3n) is 3.97. The maximum Gasteiger partial charge on any atom is 0.170 e. The lowest BCUT2D eigenvalue weighted by atomic mass is 10.1. The van der Waals surface area contributed by atoms with Gasteiger partial charge < -0.3 is 15.7 Å². The quantitative estimate of drug-likeness (QED) is 0.386. The van der Waals surface area contributed by atoms with Gasteiger partial charge in [-0.1, -0.05) is 28.9 Å². The lowest BCUT2D eigenvalue weighted by molar-refractivity contribution is -0.0410. The van der Waals surface area contributed by atoms with Gasteiger partial charge in [0.2, 0.25) is 0 Å². The molecule has 2 unspecified atom stereocenters. The van der Waals surface area contributed by atoms with Gasteiger partial charge in [0.15, 0.2) is 5.84 Å². The molecule has 2 aliphatic heterocycles. The summed E-state index contributed by atoms with van der Waals surface area (Å²) in [6.07, 6.45) is 3.09. The Morgan fingerprint density at radius 2 is 2.10 bits per heavy atom. The highest BCUT2D eigenvalue weighted by Crippen LogP contribution is 2.28. The summed E-state index contributed by atoms with van der Waals surface area (Å²) in [5, 5.41) is 12.3. The lowest BCUT2D eigenvalue weighted by Crippen LogP contribution is -2.42. The number of hydrogen-bond donors (Lipinski definition) is 2. The van der Waals surface area contributed by atoms with E-state index in [2.05, 4.69) is 10.1 Å². The van der Waals surface area contributed by atoms with E-state index in [1.54, 1.807) is 6.07 Å². The first-order valence-electron chi connectivity index (χ1n) is 6.80. The molecule has 0 aliphatic carbocycles. The molecule has 0 saturated carbocycles. The standard InChI is InChI=1S/C14H18ClN3O2/c15-13-5-9(14(16)17-19)1-2-10(13)6-18-7-11-3-4-12(8-18)20-11/h1-2,5,11-12,19H,3-4,6-8H2,(H2,16,17). The van der Waals surface area contributed by atoms with Crippen molar-refractivity contribution < 1.29 is 9.94 Å². The molecule has 3 N–H and O–H groups in total. The molecule has 1 aromatic carbocycles. The van der Waals surface area contributed by atoms with Gasteiger partial charge in [0.05, 0.1) is 12.2 Å². The summed E-state index contributed by atoms with van der Waals surface area (Å²) >= 11 is 6.29. The largest absolute Gasteiger partial charge is 0.409 e. The third kappa shape index (κ3) is 2.75. The van der Waals surface area contributed by atoms with E-state index in [0.717, 1.165) is 38.0 Å². The summed E-state index contributed by atoms with van der Waals surface area (Å²) in [5.74, 6) is 0.0721. The van der Waals surface area contributed by atoms with E-state index in [0.29, 0.717) is 22.8 Å². The number of fused-ring (bicyclic) bond motifs is 2. The lowest BCUT2D eigenvalue weighted by Gasteiger charge is -2.32. The number of benzene rings is 1. The summed E-state index contributed by atoms with van der Waals surface area (Å²) in [6, 6.07) is 5.50. The highest BCUT2D eigenvalue weighted by molar-refractivity contribution is 6.31. The van der Waals surface area contributed by atoms with Gasteiger partial charge in [-0.15, -0.1) is 0 Å². The third-order valence-corrected chi connectivity index (χ3v) is 4.32. The van der Waals surface area contributed by atoms with E-state index in [9.17, 15) is 0 Å². The van der Waals surface area contributed by atoms with E-state index in [4.69, 9.17) is 27.3 Å². The molecule has 2 heterocycles. The zero-order chi connectivity index (χ0) is 14.1. The van der Waals surface area contributed by atoms with Crippen molar-refractivity contribution in [2.45, 2.75) is 31.6 Å². The molecule has 2 bridgehead atoms. The van der Waals surface area contributed by atoms with Gasteiger partial charge in [0, 0.05) is 30.2 Å². The smallest absolute Gasteiger partial charge is 0.170 e. The Hall–Kier alpha value is -1.30. The van der Waals surface area contributed by atoms with Crippen molar-refractivity contribution in [2.24, 2.45) is 10.9 Å². The summed E-state index contributed by atoms with van der Waals surface area (Å²) in [6.45, 7) is 2.75. The van der Waals surface area contributed by atoms with Crippen LogP contribution in [-0.4, -0.2) is 41.2 Å². The summed E-state index contributed by atoms with van der Waals surface area (Å²) in [4.78, 5) is 2.39. The summed E-state index contributed by atoms with van der Waals surface area (Å²) < 4.78 is 5.83. The fourth-order valence-electron chi connectivity index (χ4n) is 2.96. The van der Waals surface area contributed by atoms with Crippen LogP contribution in [0.2, 0.25) is 5.02 Å². The second-order valence-electron chi connectivity index (χ2n) is 5.44. The van der Waals surface area contributed by atoms with Crippen molar-refractivity contribution in [3.05, 3.63) is 34.3 Å². The number of ether oxygens (including phenoxy) is 1. The number of nitrogens with two attached hydrogens (primary N) is 1. The molecular weight excluding hydrogens is 278 g/mol. The maximum absolute atomic E-state index is 8.67. The number of oxime groups is 1. The molecular formula is C14H18ClN3O2. The predicted octanol–water partition coefficient (Wildman–Crippen LogP) is 1.80. The molecule has 0 amide bonds. The van der Waals surface area contributed by atoms with Gasteiger partial charge in [-0.25, -0.2) is 0 Å². The van der Waals surface area contributed by atoms with Gasteiger partial charge in [0.25, 0.3) is 0 Å². The van der Waals surface area contributed by atoms with Crippen LogP contribution in [0.5, 0.6) is 0 Å². The van der Waals surface area contributed by atoms with E-state index in [1.807, 2.05) is 12.1 Å². The van der Waals surface area contributed by atoms with Crippen LogP contribution in [0.15, 0.2) is 23.4 Å². The van der Waals surface area contributed by atoms with Crippen LogP contribution in [0.1, 0.15) is 24.0 Å². The average molecular weight is 296 g/mol. The Morgan fingerprint density at radius 1 is 1.40 bits per heavy atom. The highest BCUT2D eigenvalue weighted by atomic mass is 35.5. The first-order chi connectivity index (χ1) is 9.65. The second kappa shape index (κ2) is 5.60. The Balaban J connectivity index is 1.71. The molecule has 5 nitrogen and oxygen atoms in total. The number of nitrogens with zero attached hydrogens (tertiary/aromatic N) is 2. The van der Waals surface area contributed by atoms with Gasteiger partial charge in [-0.2, -0.15) is 0 Å². The number of amidine groups is 1. The van der Waals surface area contributed by atoms with Crippen molar-refractivity contribution in [2.75, 3.05) is 13.1 Å². The molecule has 108 valence electrons. The van der Waals surface area contributed by atoms with Crippen molar-refractivity contribution in [1.29, 1.82) is 0 Å². The SMILES string of the molecule is N/C(=N/O)c1ccc(CN2CC3CCC(C2)O3)c(Cl)c1. The fourth-order valence-corrected chi connectivity index (χ4v) is 3.20. The predicted molar refractivity (Wildman–Crippen MR) is 77.1 cm³/mol. The Labute approximate surface area is 122 Å². The average Bonchev–Trinajstić information content (AvgIpc) is 2.79. The molecule has 20 heavy (non-hydrogen) atoms. The van der Waals surface area contributed by atoms with Crippen LogP contribution >= 0.6 is 11.6 Å². The molecule has 6 heteroatoms. The number of halogens is 1. The molecule has 2 fully saturated rings. The van der Waals surface area contributed by atoms with Gasteiger partial charge in [-0.3, -0.25) is 4.90 Å². The number of likely N-dealkylation sites (tertiary alicyclic amines) is 1. The molecule has 2 saturated heterocycles. The first kappa shape index (κ1) is 13.7. The molecule has 0 radical (unpaired) electrons. The van der Waals surface area contributed by atoms with Crippen molar-refractivity contribution in [1.82, 2.24) is 4.90 Å². The molecule has 0 spiro atoms. The van der Waals surface area contributed by atoms with Gasteiger partial charge in [0.1, 0.15) is 0 Å². The zero-order valence-electron chi connectivity index (χ0n) is 11.1. The minimum Gasteiger partial charge on any atom is -0.409 e. The number of rotatable bonds is 3. The van der Waals surface area contributed by atoms with E-state index in [1.165, 1.54) is 0 Å². The van der Waals surface area contributed by atoms with E-state index < -0.39 is 0 Å². The van der Waals surface area contributed by atoms with Crippen LogP contribution in [0, 0.1) is 0 Å². The van der Waals surface area contributed by atoms with Crippen molar-refractivity contribution >= 4 is 17.4 Å². The van der Waals surface area contributed by atoms with Gasteiger partial charge >= 0.3 is 0 Å². The van der Waals surface area contributed by atoms with Crippen LogP contribution in [0.3, 0.4) is 0 Å². The van der Waals surface area contributed by atoms with Crippen molar-refractivity contribution in [3.63, 3.8) is 0 Å². The minimum absolute atomic E-state index is 0.0721. The van der Waals surface area contributed by atoms with E-state index >= 15 is 0 Å². The second-order valence-corrected chi connectivity index (χ2v) is 5.85. The van der Waals surface area contributed by atoms with Crippen molar-refractivity contribution in [3.8, 4) is 0 Å². The molecule has 2 aliphatic rings.